The smallest absolute Gasteiger partial charge is 0.167 e. The Morgan fingerprint density at radius 2 is 1.85 bits per heavy atom. The maximum atomic E-state index is 13.9. The van der Waals surface area contributed by atoms with Gasteiger partial charge in [-0.3, -0.25) is 4.98 Å². The van der Waals surface area contributed by atoms with Crippen LogP contribution in [0.25, 0.3) is 10.9 Å². The van der Waals surface area contributed by atoms with Gasteiger partial charge >= 0.3 is 0 Å². The molecule has 100 valence electrons. The third-order valence-electron chi connectivity index (χ3n) is 3.08. The summed E-state index contributed by atoms with van der Waals surface area (Å²) in [6.07, 6.45) is 1.68. The number of hydrogen-bond donors (Lipinski definition) is 1. The van der Waals surface area contributed by atoms with Crippen molar-refractivity contribution in [1.82, 2.24) is 4.98 Å². The summed E-state index contributed by atoms with van der Waals surface area (Å²) in [5, 5.41) is 0.940. The van der Waals surface area contributed by atoms with Crippen LogP contribution < -0.4 is 10.5 Å². The number of pyridine rings is 1. The Kier molecular flexibility index (Phi) is 3.31. The fourth-order valence-corrected chi connectivity index (χ4v) is 2.10. The predicted molar refractivity (Wildman–Crippen MR) is 76.1 cm³/mol. The van der Waals surface area contributed by atoms with E-state index in [1.54, 1.807) is 24.4 Å². The van der Waals surface area contributed by atoms with Gasteiger partial charge in [0, 0.05) is 23.7 Å². The first-order chi connectivity index (χ1) is 9.79. The molecule has 3 rings (SSSR count). The minimum atomic E-state index is -0.430. The largest absolute Gasteiger partial charge is 0.452 e. The van der Waals surface area contributed by atoms with Crippen molar-refractivity contribution in [3.05, 3.63) is 66.1 Å². The zero-order chi connectivity index (χ0) is 13.9. The first-order valence-electron chi connectivity index (χ1n) is 6.28. The van der Waals surface area contributed by atoms with Crippen LogP contribution >= 0.6 is 0 Å². The summed E-state index contributed by atoms with van der Waals surface area (Å²) in [7, 11) is 0. The molecule has 0 bridgehead atoms. The maximum Gasteiger partial charge on any atom is 0.167 e. The van der Waals surface area contributed by atoms with Gasteiger partial charge in [0.05, 0.1) is 0 Å². The SMILES string of the molecule is NCc1cccc(F)c1Oc1cccc2cccnc12. The van der Waals surface area contributed by atoms with E-state index in [1.165, 1.54) is 6.07 Å². The van der Waals surface area contributed by atoms with Crippen molar-refractivity contribution in [2.45, 2.75) is 6.54 Å². The van der Waals surface area contributed by atoms with Crippen molar-refractivity contribution in [1.29, 1.82) is 0 Å². The molecule has 3 aromatic rings. The van der Waals surface area contributed by atoms with Gasteiger partial charge in [0.15, 0.2) is 17.3 Å². The molecule has 1 heterocycles. The zero-order valence-electron chi connectivity index (χ0n) is 10.7. The second-order valence-electron chi connectivity index (χ2n) is 4.37. The number of aromatic nitrogens is 1. The first-order valence-corrected chi connectivity index (χ1v) is 6.28. The van der Waals surface area contributed by atoms with E-state index in [2.05, 4.69) is 4.98 Å². The molecule has 4 heteroatoms. The van der Waals surface area contributed by atoms with Crippen LogP contribution in [0.2, 0.25) is 0 Å². The second kappa shape index (κ2) is 5.27. The second-order valence-corrected chi connectivity index (χ2v) is 4.37. The molecule has 3 nitrogen and oxygen atoms in total. The number of halogens is 1. The number of para-hydroxylation sites is 2. The molecule has 2 N–H and O–H groups in total. The van der Waals surface area contributed by atoms with Gasteiger partial charge in [-0.15, -0.1) is 0 Å². The Morgan fingerprint density at radius 3 is 2.70 bits per heavy atom. The van der Waals surface area contributed by atoms with Crippen LogP contribution in [0.5, 0.6) is 11.5 Å². The third-order valence-corrected chi connectivity index (χ3v) is 3.08. The minimum Gasteiger partial charge on any atom is -0.452 e. The summed E-state index contributed by atoms with van der Waals surface area (Å²) < 4.78 is 19.6. The molecule has 0 aliphatic heterocycles. The van der Waals surface area contributed by atoms with Gasteiger partial charge in [-0.2, -0.15) is 0 Å². The molecule has 0 saturated carbocycles. The molecule has 0 radical (unpaired) electrons. The summed E-state index contributed by atoms with van der Waals surface area (Å²) in [6, 6.07) is 14.0. The van der Waals surface area contributed by atoms with Gasteiger partial charge < -0.3 is 10.5 Å². The molecular formula is C16H13FN2O. The standard InChI is InChI=1S/C16H13FN2O/c17-13-7-1-5-12(10-18)16(13)20-14-8-2-4-11-6-3-9-19-15(11)14/h1-9H,10,18H2. The Balaban J connectivity index is 2.10. The van der Waals surface area contributed by atoms with E-state index in [0.717, 1.165) is 5.39 Å². The molecule has 1 aromatic heterocycles. The number of benzene rings is 2. The topological polar surface area (TPSA) is 48.1 Å². The number of nitrogens with two attached hydrogens (primary N) is 1. The van der Waals surface area contributed by atoms with Gasteiger partial charge in [-0.05, 0) is 18.2 Å². The van der Waals surface area contributed by atoms with Crippen molar-refractivity contribution in [3.8, 4) is 11.5 Å². The van der Waals surface area contributed by atoms with Crippen LogP contribution in [0.3, 0.4) is 0 Å². The lowest BCUT2D eigenvalue weighted by atomic mass is 10.2. The van der Waals surface area contributed by atoms with Crippen LogP contribution in [0.4, 0.5) is 4.39 Å². The van der Waals surface area contributed by atoms with Gasteiger partial charge in [0.1, 0.15) is 5.52 Å². The third kappa shape index (κ3) is 2.21. The summed E-state index contributed by atoms with van der Waals surface area (Å²) in [5.74, 6) is 0.247. The van der Waals surface area contributed by atoms with Crippen molar-refractivity contribution in [2.75, 3.05) is 0 Å². The molecular weight excluding hydrogens is 255 g/mol. The highest BCUT2D eigenvalue weighted by atomic mass is 19.1. The first kappa shape index (κ1) is 12.6. The maximum absolute atomic E-state index is 13.9. The zero-order valence-corrected chi connectivity index (χ0v) is 10.7. The van der Waals surface area contributed by atoms with Gasteiger partial charge in [-0.25, -0.2) is 4.39 Å². The molecule has 20 heavy (non-hydrogen) atoms. The van der Waals surface area contributed by atoms with Crippen molar-refractivity contribution in [2.24, 2.45) is 5.73 Å². The van der Waals surface area contributed by atoms with E-state index in [9.17, 15) is 4.39 Å². The molecule has 0 aliphatic rings. The van der Waals surface area contributed by atoms with E-state index in [4.69, 9.17) is 10.5 Å². The number of hydrogen-bond acceptors (Lipinski definition) is 3. The molecule has 0 unspecified atom stereocenters. The van der Waals surface area contributed by atoms with Crippen LogP contribution in [0.15, 0.2) is 54.7 Å². The van der Waals surface area contributed by atoms with E-state index in [1.807, 2.05) is 24.3 Å². The molecule has 2 aromatic carbocycles. The molecule has 0 spiro atoms. The number of nitrogens with zero attached hydrogens (tertiary/aromatic N) is 1. The summed E-state index contributed by atoms with van der Waals surface area (Å²) >= 11 is 0. The monoisotopic (exact) mass is 268 g/mol. The van der Waals surface area contributed by atoms with Crippen LogP contribution in [0, 0.1) is 5.82 Å². The lowest BCUT2D eigenvalue weighted by molar-refractivity contribution is 0.439. The summed E-state index contributed by atoms with van der Waals surface area (Å²) in [6.45, 7) is 0.214. The molecule has 0 aliphatic carbocycles. The highest BCUT2D eigenvalue weighted by Crippen LogP contribution is 2.32. The highest BCUT2D eigenvalue weighted by Gasteiger charge is 2.12. The number of rotatable bonds is 3. The average Bonchev–Trinajstić information content (AvgIpc) is 2.49. The lowest BCUT2D eigenvalue weighted by Crippen LogP contribution is -2.01. The lowest BCUT2D eigenvalue weighted by Gasteiger charge is -2.12. The molecule has 0 saturated heterocycles. The number of fused-ring (bicyclic) bond motifs is 1. The Bertz CT molecular complexity index is 753. The van der Waals surface area contributed by atoms with E-state index < -0.39 is 5.82 Å². The van der Waals surface area contributed by atoms with E-state index >= 15 is 0 Å². The molecule has 0 atom stereocenters. The molecule has 0 fully saturated rings. The minimum absolute atomic E-state index is 0.160. The van der Waals surface area contributed by atoms with Gasteiger partial charge in [0.2, 0.25) is 0 Å². The highest BCUT2D eigenvalue weighted by molar-refractivity contribution is 5.84. The van der Waals surface area contributed by atoms with Crippen molar-refractivity contribution < 1.29 is 9.13 Å². The van der Waals surface area contributed by atoms with E-state index in [-0.39, 0.29) is 12.3 Å². The quantitative estimate of drug-likeness (QED) is 0.789. The Morgan fingerprint density at radius 1 is 1.05 bits per heavy atom. The fourth-order valence-electron chi connectivity index (χ4n) is 2.10. The predicted octanol–water partition coefficient (Wildman–Crippen LogP) is 3.62. The summed E-state index contributed by atoms with van der Waals surface area (Å²) in [5.41, 5.74) is 6.94. The van der Waals surface area contributed by atoms with Crippen LogP contribution in [-0.2, 0) is 6.54 Å². The van der Waals surface area contributed by atoms with E-state index in [0.29, 0.717) is 16.8 Å². The van der Waals surface area contributed by atoms with Crippen LogP contribution in [0.1, 0.15) is 5.56 Å². The number of ether oxygens (including phenoxy) is 1. The van der Waals surface area contributed by atoms with Crippen molar-refractivity contribution in [3.63, 3.8) is 0 Å². The Hall–Kier alpha value is -2.46. The van der Waals surface area contributed by atoms with Crippen molar-refractivity contribution >= 4 is 10.9 Å². The van der Waals surface area contributed by atoms with Gasteiger partial charge in [0.25, 0.3) is 0 Å². The molecule has 0 amide bonds. The summed E-state index contributed by atoms with van der Waals surface area (Å²) in [4.78, 5) is 4.28. The average molecular weight is 268 g/mol. The van der Waals surface area contributed by atoms with Gasteiger partial charge in [-0.1, -0.05) is 30.3 Å². The fraction of sp³-hybridized carbons (Fsp3) is 0.0625. The Labute approximate surface area is 115 Å². The van der Waals surface area contributed by atoms with Crippen LogP contribution in [-0.4, -0.2) is 4.98 Å². The normalized spacial score (nSPS) is 10.7.